The molecule has 1 N–H and O–H groups in total. The number of benzene rings is 3. The summed E-state index contributed by atoms with van der Waals surface area (Å²) in [6, 6.07) is 27.8. The zero-order valence-corrected chi connectivity index (χ0v) is 15.5. The minimum absolute atomic E-state index is 0.0831. The van der Waals surface area contributed by atoms with Crippen molar-refractivity contribution in [1.82, 2.24) is 4.57 Å². The van der Waals surface area contributed by atoms with Gasteiger partial charge >= 0.3 is 0 Å². The van der Waals surface area contributed by atoms with Gasteiger partial charge in [-0.1, -0.05) is 72.3 Å². The van der Waals surface area contributed by atoms with Gasteiger partial charge in [0.25, 0.3) is 0 Å². The van der Waals surface area contributed by atoms with Crippen LogP contribution in [0.2, 0.25) is 5.02 Å². The number of rotatable bonds is 5. The summed E-state index contributed by atoms with van der Waals surface area (Å²) in [4.78, 5) is 12.6. The number of carbonyl (C=O) groups is 1. The highest BCUT2D eigenvalue weighted by Crippen LogP contribution is 2.24. The SMILES string of the molecule is O=C(Cc1cc2ccccc2n1Cc1ccccc1)Nc1ccccc1Cl. The lowest BCUT2D eigenvalue weighted by Gasteiger charge is -2.12. The van der Waals surface area contributed by atoms with Crippen molar-refractivity contribution < 1.29 is 4.79 Å². The quantitative estimate of drug-likeness (QED) is 0.490. The van der Waals surface area contributed by atoms with Gasteiger partial charge in [-0.05, 0) is 35.2 Å². The Morgan fingerprint density at radius 2 is 1.59 bits per heavy atom. The summed E-state index contributed by atoms with van der Waals surface area (Å²) in [7, 11) is 0. The molecule has 0 radical (unpaired) electrons. The molecule has 1 aromatic heterocycles. The molecule has 0 saturated carbocycles. The van der Waals surface area contributed by atoms with Crippen molar-refractivity contribution in [3.05, 3.63) is 101 Å². The molecule has 0 fully saturated rings. The first-order valence-electron chi connectivity index (χ1n) is 8.86. The van der Waals surface area contributed by atoms with E-state index in [0.29, 0.717) is 10.7 Å². The highest BCUT2D eigenvalue weighted by atomic mass is 35.5. The second kappa shape index (κ2) is 7.68. The fourth-order valence-electron chi connectivity index (χ4n) is 3.29. The molecule has 0 spiro atoms. The Morgan fingerprint density at radius 1 is 0.889 bits per heavy atom. The molecule has 0 aliphatic carbocycles. The summed E-state index contributed by atoms with van der Waals surface area (Å²) in [5.74, 6) is -0.0831. The largest absolute Gasteiger partial charge is 0.340 e. The first-order chi connectivity index (χ1) is 13.2. The molecule has 1 amide bonds. The van der Waals surface area contributed by atoms with Crippen LogP contribution in [0.1, 0.15) is 11.3 Å². The minimum Gasteiger partial charge on any atom is -0.340 e. The van der Waals surface area contributed by atoms with Gasteiger partial charge in [0.2, 0.25) is 5.91 Å². The maximum atomic E-state index is 12.6. The zero-order chi connectivity index (χ0) is 18.6. The van der Waals surface area contributed by atoms with E-state index in [0.717, 1.165) is 23.1 Å². The van der Waals surface area contributed by atoms with E-state index < -0.39 is 0 Å². The predicted octanol–water partition coefficient (Wildman–Crippen LogP) is 5.52. The molecule has 1 heterocycles. The van der Waals surface area contributed by atoms with E-state index in [9.17, 15) is 4.79 Å². The summed E-state index contributed by atoms with van der Waals surface area (Å²) < 4.78 is 2.21. The van der Waals surface area contributed by atoms with Crippen molar-refractivity contribution in [2.75, 3.05) is 5.32 Å². The van der Waals surface area contributed by atoms with Gasteiger partial charge in [0, 0.05) is 17.8 Å². The molecule has 3 nitrogen and oxygen atoms in total. The van der Waals surface area contributed by atoms with Crippen LogP contribution in [0.25, 0.3) is 10.9 Å². The van der Waals surface area contributed by atoms with Gasteiger partial charge in [-0.25, -0.2) is 0 Å². The third kappa shape index (κ3) is 3.88. The van der Waals surface area contributed by atoms with Gasteiger partial charge in [0.1, 0.15) is 0 Å². The van der Waals surface area contributed by atoms with Crippen LogP contribution in [0.4, 0.5) is 5.69 Å². The fraction of sp³-hybridized carbons (Fsp3) is 0.0870. The average Bonchev–Trinajstić information content (AvgIpc) is 3.01. The van der Waals surface area contributed by atoms with Crippen molar-refractivity contribution >= 4 is 34.1 Å². The number of hydrogen-bond acceptors (Lipinski definition) is 1. The third-order valence-electron chi connectivity index (χ3n) is 4.57. The maximum Gasteiger partial charge on any atom is 0.230 e. The van der Waals surface area contributed by atoms with E-state index in [1.54, 1.807) is 12.1 Å². The lowest BCUT2D eigenvalue weighted by atomic mass is 10.2. The number of hydrogen-bond donors (Lipinski definition) is 1. The zero-order valence-electron chi connectivity index (χ0n) is 14.7. The van der Waals surface area contributed by atoms with Crippen LogP contribution >= 0.6 is 11.6 Å². The number of nitrogens with one attached hydrogen (secondary N) is 1. The number of halogens is 1. The summed E-state index contributed by atoms with van der Waals surface area (Å²) >= 11 is 6.15. The standard InChI is InChI=1S/C23H19ClN2O/c24-20-11-5-6-12-21(20)25-23(27)15-19-14-18-10-4-7-13-22(18)26(19)16-17-8-2-1-3-9-17/h1-14H,15-16H2,(H,25,27). The van der Waals surface area contributed by atoms with Gasteiger partial charge < -0.3 is 9.88 Å². The number of carbonyl (C=O) groups excluding carboxylic acids is 1. The van der Waals surface area contributed by atoms with Gasteiger partial charge in [-0.15, -0.1) is 0 Å². The Balaban J connectivity index is 1.63. The second-order valence-corrected chi connectivity index (χ2v) is 6.88. The van der Waals surface area contributed by atoms with E-state index in [1.165, 1.54) is 5.56 Å². The number of nitrogens with zero attached hydrogens (tertiary/aromatic N) is 1. The van der Waals surface area contributed by atoms with E-state index in [1.807, 2.05) is 42.5 Å². The average molecular weight is 375 g/mol. The molecular formula is C23H19ClN2O. The van der Waals surface area contributed by atoms with Crippen LogP contribution in [0.5, 0.6) is 0 Å². The minimum atomic E-state index is -0.0831. The maximum absolute atomic E-state index is 12.6. The van der Waals surface area contributed by atoms with Crippen molar-refractivity contribution in [3.8, 4) is 0 Å². The highest BCUT2D eigenvalue weighted by Gasteiger charge is 2.13. The molecular weight excluding hydrogens is 356 g/mol. The van der Waals surface area contributed by atoms with Crippen molar-refractivity contribution in [1.29, 1.82) is 0 Å². The first-order valence-corrected chi connectivity index (χ1v) is 9.24. The van der Waals surface area contributed by atoms with E-state index in [2.05, 4.69) is 40.2 Å². The molecule has 0 bridgehead atoms. The molecule has 0 unspecified atom stereocenters. The molecule has 4 aromatic rings. The molecule has 4 rings (SSSR count). The van der Waals surface area contributed by atoms with Crippen molar-refractivity contribution in [3.63, 3.8) is 0 Å². The molecule has 0 saturated heterocycles. The third-order valence-corrected chi connectivity index (χ3v) is 4.90. The number of amides is 1. The van der Waals surface area contributed by atoms with E-state index in [4.69, 9.17) is 11.6 Å². The molecule has 0 aliphatic heterocycles. The Morgan fingerprint density at radius 3 is 2.41 bits per heavy atom. The lowest BCUT2D eigenvalue weighted by Crippen LogP contribution is -2.17. The normalized spacial score (nSPS) is 10.9. The topological polar surface area (TPSA) is 34.0 Å². The van der Waals surface area contributed by atoms with E-state index in [-0.39, 0.29) is 12.3 Å². The summed E-state index contributed by atoms with van der Waals surface area (Å²) in [5.41, 5.74) is 3.94. The molecule has 0 aliphatic rings. The van der Waals surface area contributed by atoms with Crippen LogP contribution in [-0.2, 0) is 17.8 Å². The molecule has 27 heavy (non-hydrogen) atoms. The Kier molecular flexibility index (Phi) is 4.95. The molecule has 3 aromatic carbocycles. The predicted molar refractivity (Wildman–Crippen MR) is 111 cm³/mol. The van der Waals surface area contributed by atoms with Gasteiger partial charge in [-0.2, -0.15) is 0 Å². The molecule has 0 atom stereocenters. The Hall–Kier alpha value is -3.04. The lowest BCUT2D eigenvalue weighted by molar-refractivity contribution is -0.115. The number of fused-ring (bicyclic) bond motifs is 1. The monoisotopic (exact) mass is 374 g/mol. The van der Waals surface area contributed by atoms with Crippen LogP contribution in [0, 0.1) is 0 Å². The second-order valence-electron chi connectivity index (χ2n) is 6.47. The number of aromatic nitrogens is 1. The van der Waals surface area contributed by atoms with Crippen LogP contribution in [-0.4, -0.2) is 10.5 Å². The number of anilines is 1. The van der Waals surface area contributed by atoms with Crippen molar-refractivity contribution in [2.24, 2.45) is 0 Å². The van der Waals surface area contributed by atoms with Crippen LogP contribution < -0.4 is 5.32 Å². The van der Waals surface area contributed by atoms with Crippen LogP contribution in [0.15, 0.2) is 84.9 Å². The Bertz CT molecular complexity index is 1090. The van der Waals surface area contributed by atoms with Gasteiger partial charge in [-0.3, -0.25) is 4.79 Å². The van der Waals surface area contributed by atoms with Gasteiger partial charge in [0.15, 0.2) is 0 Å². The summed E-state index contributed by atoms with van der Waals surface area (Å²) in [5, 5.41) is 4.58. The molecule has 134 valence electrons. The van der Waals surface area contributed by atoms with Gasteiger partial charge in [0.05, 0.1) is 17.1 Å². The first kappa shape index (κ1) is 17.4. The molecule has 4 heteroatoms. The smallest absolute Gasteiger partial charge is 0.230 e. The summed E-state index contributed by atoms with van der Waals surface area (Å²) in [6.45, 7) is 0.725. The fourth-order valence-corrected chi connectivity index (χ4v) is 3.47. The van der Waals surface area contributed by atoms with Crippen molar-refractivity contribution in [2.45, 2.75) is 13.0 Å². The van der Waals surface area contributed by atoms with E-state index >= 15 is 0 Å². The summed E-state index contributed by atoms with van der Waals surface area (Å²) in [6.07, 6.45) is 0.284. The highest BCUT2D eigenvalue weighted by molar-refractivity contribution is 6.33. The Labute approximate surface area is 163 Å². The van der Waals surface area contributed by atoms with Crippen LogP contribution in [0.3, 0.4) is 0 Å². The number of para-hydroxylation sites is 2.